The monoisotopic (exact) mass is 266 g/mol. The molecule has 0 unspecified atom stereocenters. The molecule has 0 aromatic carbocycles. The lowest BCUT2D eigenvalue weighted by molar-refractivity contribution is -0.145. The number of nitrogens with one attached hydrogen (secondary N) is 1. The third kappa shape index (κ3) is 3.67. The van der Waals surface area contributed by atoms with Gasteiger partial charge in [-0.25, -0.2) is 0 Å². The fraction of sp³-hybridized carbons (Fsp3) is 0.571. The Bertz CT molecular complexity index is 442. The van der Waals surface area contributed by atoms with E-state index in [1.54, 1.807) is 7.11 Å². The summed E-state index contributed by atoms with van der Waals surface area (Å²) in [6.07, 6.45) is 1.06. The molecule has 0 atom stereocenters. The summed E-state index contributed by atoms with van der Waals surface area (Å²) in [5.41, 5.74) is 0.744. The fourth-order valence-corrected chi connectivity index (χ4v) is 2.05. The fourth-order valence-electron chi connectivity index (χ4n) is 2.05. The Hall–Kier alpha value is -1.62. The Labute approximate surface area is 114 Å². The zero-order valence-corrected chi connectivity index (χ0v) is 12.0. The van der Waals surface area contributed by atoms with Gasteiger partial charge in [0.05, 0.1) is 12.8 Å². The number of carbonyl (C=O) groups is 1. The lowest BCUT2D eigenvalue weighted by Crippen LogP contribution is -2.50. The van der Waals surface area contributed by atoms with Crippen LogP contribution in [0.1, 0.15) is 38.1 Å². The third-order valence-electron chi connectivity index (χ3n) is 3.44. The molecule has 1 heterocycles. The molecule has 5 heteroatoms. The van der Waals surface area contributed by atoms with E-state index >= 15 is 0 Å². The number of nitrogens with zero attached hydrogens (tertiary/aromatic N) is 1. The summed E-state index contributed by atoms with van der Waals surface area (Å²) in [5.74, 6) is -0.0876. The number of aliphatic carboxylic acids is 1. The summed E-state index contributed by atoms with van der Waals surface area (Å²) in [6, 6.07) is 3.66. The van der Waals surface area contributed by atoms with Gasteiger partial charge >= 0.3 is 5.97 Å². The van der Waals surface area contributed by atoms with Gasteiger partial charge in [-0.15, -0.1) is 0 Å². The second-order valence-electron chi connectivity index (χ2n) is 4.59. The van der Waals surface area contributed by atoms with Gasteiger partial charge in [0, 0.05) is 24.4 Å². The van der Waals surface area contributed by atoms with Crippen molar-refractivity contribution in [2.45, 2.75) is 45.7 Å². The van der Waals surface area contributed by atoms with E-state index in [0.29, 0.717) is 19.4 Å². The van der Waals surface area contributed by atoms with Crippen molar-refractivity contribution in [1.82, 2.24) is 10.3 Å². The second kappa shape index (κ2) is 6.52. The van der Waals surface area contributed by atoms with Gasteiger partial charge in [-0.1, -0.05) is 13.8 Å². The van der Waals surface area contributed by atoms with Crippen LogP contribution in [0.25, 0.3) is 0 Å². The van der Waals surface area contributed by atoms with E-state index in [4.69, 9.17) is 4.74 Å². The van der Waals surface area contributed by atoms with Gasteiger partial charge in [0.25, 0.3) is 0 Å². The number of hydrogen-bond acceptors (Lipinski definition) is 4. The maximum absolute atomic E-state index is 11.4. The molecule has 5 nitrogen and oxygen atoms in total. The maximum atomic E-state index is 11.4. The van der Waals surface area contributed by atoms with Crippen LogP contribution < -0.4 is 10.1 Å². The lowest BCUT2D eigenvalue weighted by Gasteiger charge is -2.28. The quantitative estimate of drug-likeness (QED) is 0.791. The largest absolute Gasteiger partial charge is 0.497 e. The molecule has 0 amide bonds. The first-order valence-electron chi connectivity index (χ1n) is 6.47. The van der Waals surface area contributed by atoms with E-state index in [2.05, 4.69) is 10.3 Å². The standard InChI is InChI=1S/C14H22N2O3/c1-5-14(6-2,13(17)18)15-9-11-8-12(19-4)7-10(3)16-11/h7-8,15H,5-6,9H2,1-4H3,(H,17,18). The molecule has 0 saturated heterocycles. The van der Waals surface area contributed by atoms with Gasteiger partial charge in [-0.2, -0.15) is 0 Å². The highest BCUT2D eigenvalue weighted by molar-refractivity contribution is 5.78. The zero-order chi connectivity index (χ0) is 14.5. The average Bonchev–Trinajstić information content (AvgIpc) is 2.39. The first kappa shape index (κ1) is 15.4. The summed E-state index contributed by atoms with van der Waals surface area (Å²) in [7, 11) is 1.60. The summed E-state index contributed by atoms with van der Waals surface area (Å²) in [4.78, 5) is 15.8. The molecular formula is C14H22N2O3. The molecule has 19 heavy (non-hydrogen) atoms. The van der Waals surface area contributed by atoms with Crippen LogP contribution >= 0.6 is 0 Å². The molecule has 0 aliphatic carbocycles. The summed E-state index contributed by atoms with van der Waals surface area (Å²) < 4.78 is 5.18. The number of aromatic nitrogens is 1. The van der Waals surface area contributed by atoms with Crippen molar-refractivity contribution in [3.8, 4) is 5.75 Å². The van der Waals surface area contributed by atoms with Crippen molar-refractivity contribution in [3.05, 3.63) is 23.5 Å². The molecule has 0 spiro atoms. The summed E-state index contributed by atoms with van der Waals surface area (Å²) in [5, 5.41) is 12.5. The van der Waals surface area contributed by atoms with Crippen LogP contribution in [0.2, 0.25) is 0 Å². The Morgan fingerprint density at radius 1 is 1.42 bits per heavy atom. The van der Waals surface area contributed by atoms with Crippen molar-refractivity contribution in [2.24, 2.45) is 0 Å². The van der Waals surface area contributed by atoms with Crippen molar-refractivity contribution < 1.29 is 14.6 Å². The van der Waals surface area contributed by atoms with Crippen LogP contribution in [0, 0.1) is 6.92 Å². The molecule has 1 aromatic rings. The molecule has 1 rings (SSSR count). The minimum atomic E-state index is -0.890. The van der Waals surface area contributed by atoms with E-state index in [0.717, 1.165) is 17.1 Å². The average molecular weight is 266 g/mol. The SMILES string of the molecule is CCC(CC)(NCc1cc(OC)cc(C)n1)C(=O)O. The van der Waals surface area contributed by atoms with Gasteiger partial charge < -0.3 is 9.84 Å². The number of carboxylic acid groups (broad SMARTS) is 1. The van der Waals surface area contributed by atoms with Gasteiger partial charge in [0.15, 0.2) is 0 Å². The normalized spacial score (nSPS) is 11.4. The Morgan fingerprint density at radius 2 is 2.05 bits per heavy atom. The Morgan fingerprint density at radius 3 is 2.53 bits per heavy atom. The molecule has 0 aliphatic rings. The van der Waals surface area contributed by atoms with Crippen LogP contribution in [0.5, 0.6) is 5.75 Å². The maximum Gasteiger partial charge on any atom is 0.323 e. The molecule has 0 aliphatic heterocycles. The molecule has 0 bridgehead atoms. The number of pyridine rings is 1. The first-order valence-corrected chi connectivity index (χ1v) is 6.47. The minimum absolute atomic E-state index is 0.409. The third-order valence-corrected chi connectivity index (χ3v) is 3.44. The second-order valence-corrected chi connectivity index (χ2v) is 4.59. The van der Waals surface area contributed by atoms with Crippen LogP contribution in [0.15, 0.2) is 12.1 Å². The van der Waals surface area contributed by atoms with E-state index < -0.39 is 11.5 Å². The van der Waals surface area contributed by atoms with E-state index in [9.17, 15) is 9.90 Å². The molecule has 0 saturated carbocycles. The minimum Gasteiger partial charge on any atom is -0.497 e. The van der Waals surface area contributed by atoms with E-state index in [1.807, 2.05) is 32.9 Å². The first-order chi connectivity index (χ1) is 8.97. The van der Waals surface area contributed by atoms with Crippen molar-refractivity contribution in [1.29, 1.82) is 0 Å². The number of aryl methyl sites for hydroxylation is 1. The number of rotatable bonds is 7. The smallest absolute Gasteiger partial charge is 0.323 e. The van der Waals surface area contributed by atoms with Gasteiger partial charge in [-0.3, -0.25) is 15.1 Å². The highest BCUT2D eigenvalue weighted by Gasteiger charge is 2.34. The van der Waals surface area contributed by atoms with Crippen molar-refractivity contribution in [2.75, 3.05) is 7.11 Å². The molecule has 106 valence electrons. The topological polar surface area (TPSA) is 71.5 Å². The lowest BCUT2D eigenvalue weighted by atomic mass is 9.93. The number of carboxylic acids is 1. The molecule has 0 radical (unpaired) electrons. The predicted octanol–water partition coefficient (Wildman–Crippen LogP) is 2.13. The molecule has 0 fully saturated rings. The Kier molecular flexibility index (Phi) is 5.30. The van der Waals surface area contributed by atoms with Crippen LogP contribution in [0.3, 0.4) is 0 Å². The highest BCUT2D eigenvalue weighted by Crippen LogP contribution is 2.18. The van der Waals surface area contributed by atoms with E-state index in [1.165, 1.54) is 0 Å². The number of ether oxygens (including phenoxy) is 1. The van der Waals surface area contributed by atoms with Crippen LogP contribution in [-0.2, 0) is 11.3 Å². The van der Waals surface area contributed by atoms with Crippen LogP contribution in [0.4, 0.5) is 0 Å². The van der Waals surface area contributed by atoms with Gasteiger partial charge in [-0.05, 0) is 19.8 Å². The zero-order valence-electron chi connectivity index (χ0n) is 12.0. The van der Waals surface area contributed by atoms with E-state index in [-0.39, 0.29) is 0 Å². The number of methoxy groups -OCH3 is 1. The molecule has 1 aromatic heterocycles. The highest BCUT2D eigenvalue weighted by atomic mass is 16.5. The van der Waals surface area contributed by atoms with Gasteiger partial charge in [0.2, 0.25) is 0 Å². The molecule has 2 N–H and O–H groups in total. The number of hydrogen-bond donors (Lipinski definition) is 2. The summed E-state index contributed by atoms with van der Waals surface area (Å²) >= 11 is 0. The van der Waals surface area contributed by atoms with Crippen molar-refractivity contribution >= 4 is 5.97 Å². The molecular weight excluding hydrogens is 244 g/mol. The van der Waals surface area contributed by atoms with Gasteiger partial charge in [0.1, 0.15) is 11.3 Å². The summed E-state index contributed by atoms with van der Waals surface area (Å²) in [6.45, 7) is 6.03. The van der Waals surface area contributed by atoms with Crippen molar-refractivity contribution in [3.63, 3.8) is 0 Å². The Balaban J connectivity index is 2.85. The predicted molar refractivity (Wildman–Crippen MR) is 73.3 cm³/mol. The van der Waals surface area contributed by atoms with Crippen LogP contribution in [-0.4, -0.2) is 28.7 Å².